The van der Waals surface area contributed by atoms with Crippen LogP contribution in [0.2, 0.25) is 0 Å². The second-order valence-electron chi connectivity index (χ2n) is 6.17. The second-order valence-corrected chi connectivity index (χ2v) is 6.17. The van der Waals surface area contributed by atoms with Crippen LogP contribution in [0.15, 0.2) is 60.7 Å². The van der Waals surface area contributed by atoms with E-state index >= 15 is 0 Å². The Morgan fingerprint density at radius 2 is 1.33 bits per heavy atom. The minimum absolute atomic E-state index is 0.753. The Morgan fingerprint density at radius 3 is 1.96 bits per heavy atom. The lowest BCUT2D eigenvalue weighted by molar-refractivity contribution is 1.34. The number of rotatable bonds is 2. The van der Waals surface area contributed by atoms with Gasteiger partial charge in [0.25, 0.3) is 0 Å². The molecule has 0 saturated carbocycles. The summed E-state index contributed by atoms with van der Waals surface area (Å²) in [6.07, 6.45) is 0. The summed E-state index contributed by atoms with van der Waals surface area (Å²) in [5, 5.41) is 5.74. The molecular formula is C21H19N3. The zero-order valence-corrected chi connectivity index (χ0v) is 13.8. The molecule has 0 radical (unpaired) electrons. The Bertz CT molecular complexity index is 1010. The molecule has 0 amide bonds. The third-order valence-electron chi connectivity index (χ3n) is 4.51. The van der Waals surface area contributed by atoms with Crippen LogP contribution in [-0.4, -0.2) is 4.98 Å². The minimum atomic E-state index is 0.753. The number of pyridine rings is 1. The molecule has 118 valence electrons. The Hall–Kier alpha value is -3.07. The van der Waals surface area contributed by atoms with Gasteiger partial charge in [0, 0.05) is 10.8 Å². The van der Waals surface area contributed by atoms with E-state index in [9.17, 15) is 0 Å². The molecule has 3 aromatic carbocycles. The molecule has 0 spiro atoms. The Labute approximate surface area is 141 Å². The molecule has 24 heavy (non-hydrogen) atoms. The maximum absolute atomic E-state index is 6.25. The minimum Gasteiger partial charge on any atom is -0.397 e. The SMILES string of the molecule is Cc1cc(N)c(Nc2c3ccccc3nc3ccccc23)cc1C. The van der Waals surface area contributed by atoms with Crippen molar-refractivity contribution in [3.05, 3.63) is 71.8 Å². The third kappa shape index (κ3) is 2.35. The van der Waals surface area contributed by atoms with Crippen molar-refractivity contribution in [3.63, 3.8) is 0 Å². The van der Waals surface area contributed by atoms with Crippen molar-refractivity contribution in [3.8, 4) is 0 Å². The van der Waals surface area contributed by atoms with Crippen molar-refractivity contribution < 1.29 is 0 Å². The van der Waals surface area contributed by atoms with Gasteiger partial charge in [0.1, 0.15) is 0 Å². The van der Waals surface area contributed by atoms with E-state index in [1.165, 1.54) is 11.1 Å². The largest absolute Gasteiger partial charge is 0.397 e. The van der Waals surface area contributed by atoms with Gasteiger partial charge < -0.3 is 11.1 Å². The lowest BCUT2D eigenvalue weighted by Crippen LogP contribution is -2.00. The Balaban J connectivity index is 1.99. The summed E-state index contributed by atoms with van der Waals surface area (Å²) >= 11 is 0. The fourth-order valence-corrected chi connectivity index (χ4v) is 3.06. The van der Waals surface area contributed by atoms with Gasteiger partial charge in [-0.05, 0) is 49.2 Å². The number of aryl methyl sites for hydroxylation is 2. The van der Waals surface area contributed by atoms with Gasteiger partial charge in [-0.1, -0.05) is 36.4 Å². The highest BCUT2D eigenvalue weighted by molar-refractivity contribution is 6.09. The standard InChI is InChI=1S/C21H19N3/c1-13-11-17(22)20(12-14(13)2)24-21-15-7-3-5-9-18(15)23-19-10-6-4-8-16(19)21/h3-12H,22H2,1-2H3,(H,23,24). The molecule has 0 aliphatic heterocycles. The van der Waals surface area contributed by atoms with Crippen LogP contribution >= 0.6 is 0 Å². The summed E-state index contributed by atoms with van der Waals surface area (Å²) in [5.74, 6) is 0. The van der Waals surface area contributed by atoms with E-state index < -0.39 is 0 Å². The van der Waals surface area contributed by atoms with Crippen molar-refractivity contribution in [2.24, 2.45) is 0 Å². The number of anilines is 3. The first-order valence-electron chi connectivity index (χ1n) is 8.05. The van der Waals surface area contributed by atoms with E-state index in [2.05, 4.69) is 37.4 Å². The molecule has 0 bridgehead atoms. The average Bonchev–Trinajstić information content (AvgIpc) is 2.59. The number of nitrogen functional groups attached to an aromatic ring is 1. The molecule has 0 fully saturated rings. The lowest BCUT2D eigenvalue weighted by atomic mass is 10.1. The van der Waals surface area contributed by atoms with Crippen LogP contribution < -0.4 is 11.1 Å². The van der Waals surface area contributed by atoms with Gasteiger partial charge in [-0.3, -0.25) is 0 Å². The van der Waals surface area contributed by atoms with Crippen LogP contribution in [-0.2, 0) is 0 Å². The summed E-state index contributed by atoms with van der Waals surface area (Å²) in [6, 6.07) is 20.5. The molecule has 0 aliphatic rings. The Morgan fingerprint density at radius 1 is 0.792 bits per heavy atom. The number of fused-ring (bicyclic) bond motifs is 2. The fraction of sp³-hybridized carbons (Fsp3) is 0.0952. The van der Waals surface area contributed by atoms with Crippen molar-refractivity contribution in [2.75, 3.05) is 11.1 Å². The number of nitrogens with two attached hydrogens (primary N) is 1. The summed E-state index contributed by atoms with van der Waals surface area (Å²) in [4.78, 5) is 4.76. The first kappa shape index (κ1) is 14.5. The lowest BCUT2D eigenvalue weighted by Gasteiger charge is -2.16. The van der Waals surface area contributed by atoms with E-state index in [0.29, 0.717) is 0 Å². The van der Waals surface area contributed by atoms with Gasteiger partial charge in [-0.2, -0.15) is 0 Å². The number of benzene rings is 3. The molecule has 0 atom stereocenters. The average molecular weight is 313 g/mol. The highest BCUT2D eigenvalue weighted by atomic mass is 14.9. The summed E-state index contributed by atoms with van der Waals surface area (Å²) in [6.45, 7) is 4.18. The quantitative estimate of drug-likeness (QED) is 0.388. The van der Waals surface area contributed by atoms with Crippen LogP contribution in [0.25, 0.3) is 21.8 Å². The number of nitrogens with zero attached hydrogens (tertiary/aromatic N) is 1. The zero-order chi connectivity index (χ0) is 16.7. The van der Waals surface area contributed by atoms with Crippen LogP contribution in [0.5, 0.6) is 0 Å². The summed E-state index contributed by atoms with van der Waals surface area (Å²) < 4.78 is 0. The van der Waals surface area contributed by atoms with Crippen molar-refractivity contribution in [1.29, 1.82) is 0 Å². The van der Waals surface area contributed by atoms with E-state index in [1.54, 1.807) is 0 Å². The highest BCUT2D eigenvalue weighted by Crippen LogP contribution is 2.35. The predicted molar refractivity (Wildman–Crippen MR) is 103 cm³/mol. The molecule has 3 nitrogen and oxygen atoms in total. The monoisotopic (exact) mass is 313 g/mol. The fourth-order valence-electron chi connectivity index (χ4n) is 3.06. The van der Waals surface area contributed by atoms with Gasteiger partial charge in [0.05, 0.1) is 28.1 Å². The summed E-state index contributed by atoms with van der Waals surface area (Å²) in [7, 11) is 0. The van der Waals surface area contributed by atoms with Gasteiger partial charge in [0.2, 0.25) is 0 Å². The van der Waals surface area contributed by atoms with Crippen molar-refractivity contribution in [1.82, 2.24) is 4.98 Å². The maximum atomic E-state index is 6.25. The van der Waals surface area contributed by atoms with Crippen LogP contribution in [0.1, 0.15) is 11.1 Å². The van der Waals surface area contributed by atoms with Crippen LogP contribution in [0, 0.1) is 13.8 Å². The van der Waals surface area contributed by atoms with Crippen LogP contribution in [0.4, 0.5) is 17.1 Å². The topological polar surface area (TPSA) is 50.9 Å². The van der Waals surface area contributed by atoms with E-state index in [1.807, 2.05) is 42.5 Å². The number of hydrogen-bond donors (Lipinski definition) is 2. The Kier molecular flexibility index (Phi) is 3.35. The number of para-hydroxylation sites is 2. The van der Waals surface area contributed by atoms with Crippen LogP contribution in [0.3, 0.4) is 0 Å². The maximum Gasteiger partial charge on any atom is 0.0730 e. The summed E-state index contributed by atoms with van der Waals surface area (Å²) in [5.41, 5.74) is 13.3. The number of nitrogens with one attached hydrogen (secondary N) is 1. The van der Waals surface area contributed by atoms with E-state index in [0.717, 1.165) is 38.9 Å². The molecule has 0 saturated heterocycles. The molecule has 1 aromatic heterocycles. The zero-order valence-electron chi connectivity index (χ0n) is 13.8. The smallest absolute Gasteiger partial charge is 0.0730 e. The molecule has 1 heterocycles. The van der Waals surface area contributed by atoms with Gasteiger partial charge in [0.15, 0.2) is 0 Å². The van der Waals surface area contributed by atoms with Gasteiger partial charge in [-0.15, -0.1) is 0 Å². The van der Waals surface area contributed by atoms with Crippen molar-refractivity contribution >= 4 is 38.9 Å². The molecule has 0 unspecified atom stereocenters. The molecule has 4 rings (SSSR count). The predicted octanol–water partition coefficient (Wildman–Crippen LogP) is 5.33. The van der Waals surface area contributed by atoms with Gasteiger partial charge in [-0.25, -0.2) is 4.98 Å². The highest BCUT2D eigenvalue weighted by Gasteiger charge is 2.11. The molecule has 3 heteroatoms. The normalized spacial score (nSPS) is 11.1. The number of aromatic nitrogens is 1. The third-order valence-corrected chi connectivity index (χ3v) is 4.51. The molecular weight excluding hydrogens is 294 g/mol. The first-order valence-corrected chi connectivity index (χ1v) is 8.05. The van der Waals surface area contributed by atoms with E-state index in [4.69, 9.17) is 10.7 Å². The number of hydrogen-bond acceptors (Lipinski definition) is 3. The van der Waals surface area contributed by atoms with Crippen molar-refractivity contribution in [2.45, 2.75) is 13.8 Å². The van der Waals surface area contributed by atoms with E-state index in [-0.39, 0.29) is 0 Å². The molecule has 3 N–H and O–H groups in total. The molecule has 4 aromatic rings. The van der Waals surface area contributed by atoms with Gasteiger partial charge >= 0.3 is 0 Å². The first-order chi connectivity index (χ1) is 11.6. The molecule has 0 aliphatic carbocycles. The second kappa shape index (κ2) is 5.53.